The molecular weight excluding hydrogens is 509 g/mol. The number of nitrogens with zero attached hydrogens (tertiary/aromatic N) is 3. The second kappa shape index (κ2) is 9.97. The van der Waals surface area contributed by atoms with E-state index in [4.69, 9.17) is 11.6 Å². The highest BCUT2D eigenvalue weighted by Gasteiger charge is 2.27. The number of rotatable bonds is 4. The lowest BCUT2D eigenvalue weighted by atomic mass is 9.87. The molecule has 2 aromatic heterocycles. The van der Waals surface area contributed by atoms with Crippen LogP contribution in [0.1, 0.15) is 37.7 Å². The van der Waals surface area contributed by atoms with Crippen LogP contribution in [0.4, 0.5) is 4.39 Å². The van der Waals surface area contributed by atoms with Crippen LogP contribution >= 0.6 is 22.9 Å². The summed E-state index contributed by atoms with van der Waals surface area (Å²) in [6.07, 6.45) is 1.77. The van der Waals surface area contributed by atoms with E-state index in [1.807, 2.05) is 50.2 Å². The molecule has 8 heteroatoms. The Bertz CT molecular complexity index is 1730. The molecule has 2 heterocycles. The van der Waals surface area contributed by atoms with E-state index in [0.29, 0.717) is 15.2 Å². The molecule has 0 unspecified atom stereocenters. The molecule has 188 valence electrons. The number of thiazole rings is 1. The maximum absolute atomic E-state index is 13.7. The van der Waals surface area contributed by atoms with E-state index >= 15 is 0 Å². The van der Waals surface area contributed by atoms with Gasteiger partial charge < -0.3 is 4.57 Å². The normalized spacial score (nSPS) is 13.0. The lowest BCUT2D eigenvalue weighted by Gasteiger charge is -2.15. The first-order chi connectivity index (χ1) is 17.4. The van der Waals surface area contributed by atoms with Crippen molar-refractivity contribution in [3.8, 4) is 17.4 Å². The Morgan fingerprint density at radius 2 is 1.59 bits per heavy atom. The summed E-state index contributed by atoms with van der Waals surface area (Å²) < 4.78 is 17.6. The molecule has 37 heavy (non-hydrogen) atoms. The molecule has 4 aromatic rings. The molecule has 0 aliphatic heterocycles. The zero-order chi connectivity index (χ0) is 27.1. The number of benzene rings is 2. The van der Waals surface area contributed by atoms with Gasteiger partial charge in [0.05, 0.1) is 10.2 Å². The monoisotopic (exact) mass is 533 g/mol. The van der Waals surface area contributed by atoms with Crippen LogP contribution in [0.5, 0.6) is 0 Å². The van der Waals surface area contributed by atoms with Crippen LogP contribution in [0, 0.1) is 36.4 Å². The molecule has 0 saturated heterocycles. The first kappa shape index (κ1) is 26.3. The van der Waals surface area contributed by atoms with Gasteiger partial charge in [-0.05, 0) is 80.1 Å². The second-order valence-electron chi connectivity index (χ2n) is 9.74. The van der Waals surface area contributed by atoms with Gasteiger partial charge in [0, 0.05) is 27.5 Å². The topological polar surface area (TPSA) is 67.8 Å². The molecule has 4 rings (SSSR count). The molecule has 0 spiro atoms. The number of nitriles is 1. The number of carbonyl (C=O) groups excluding carboxylic acids is 1. The van der Waals surface area contributed by atoms with Gasteiger partial charge >= 0.3 is 0 Å². The van der Waals surface area contributed by atoms with Crippen LogP contribution in [-0.4, -0.2) is 14.9 Å². The number of hydrogen-bond acceptors (Lipinski definition) is 4. The van der Waals surface area contributed by atoms with Crippen LogP contribution in [0.25, 0.3) is 23.0 Å². The minimum Gasteiger partial charge on any atom is -0.318 e. The zero-order valence-electron chi connectivity index (χ0n) is 21.1. The molecule has 0 aliphatic carbocycles. The molecule has 0 saturated carbocycles. The van der Waals surface area contributed by atoms with E-state index in [-0.39, 0.29) is 16.0 Å². The fraction of sp³-hybridized carbons (Fsp3) is 0.207. The standard InChI is InChI=1S/C29H25ClFN3O2S/c1-17-14-19(18(2)33(17)22-10-6-20(30)7-11-22)15-25-27(36)34(23-12-8-21(31)9-13-23)28(37-25)24(16-32)26(35)29(3,4)5/h6-15H,1-5H3. The van der Waals surface area contributed by atoms with Crippen LogP contribution in [0.15, 0.2) is 59.4 Å². The van der Waals surface area contributed by atoms with Crippen LogP contribution in [0.3, 0.4) is 0 Å². The van der Waals surface area contributed by atoms with Crippen molar-refractivity contribution in [1.82, 2.24) is 9.13 Å². The fourth-order valence-electron chi connectivity index (χ4n) is 4.11. The van der Waals surface area contributed by atoms with Crippen molar-refractivity contribution < 1.29 is 9.18 Å². The Labute approximate surface area is 223 Å². The van der Waals surface area contributed by atoms with E-state index in [9.17, 15) is 19.2 Å². The number of aromatic nitrogens is 2. The predicted octanol–water partition coefficient (Wildman–Crippen LogP) is 5.22. The lowest BCUT2D eigenvalue weighted by molar-refractivity contribution is -0.120. The second-order valence-corrected chi connectivity index (χ2v) is 11.2. The fourth-order valence-corrected chi connectivity index (χ4v) is 5.33. The van der Waals surface area contributed by atoms with Gasteiger partial charge in [0.15, 0.2) is 5.78 Å². The van der Waals surface area contributed by atoms with Crippen molar-refractivity contribution in [2.75, 3.05) is 0 Å². The smallest absolute Gasteiger partial charge is 0.273 e. The van der Waals surface area contributed by atoms with E-state index in [1.54, 1.807) is 26.8 Å². The SMILES string of the molecule is Cc1cc(C=c2sc(=C(C#N)C(=O)C(C)(C)C)n(-c3ccc(F)cc3)c2=O)c(C)n1-c1ccc(Cl)cc1. The van der Waals surface area contributed by atoms with Gasteiger partial charge in [0.2, 0.25) is 0 Å². The van der Waals surface area contributed by atoms with Gasteiger partial charge in [-0.3, -0.25) is 14.2 Å². The van der Waals surface area contributed by atoms with E-state index in [0.717, 1.165) is 34.0 Å². The molecule has 5 nitrogen and oxygen atoms in total. The van der Waals surface area contributed by atoms with Crippen LogP contribution in [-0.2, 0) is 4.79 Å². The molecule has 0 fully saturated rings. The molecule has 0 amide bonds. The number of halogens is 2. The first-order valence-electron chi connectivity index (χ1n) is 11.6. The van der Waals surface area contributed by atoms with Gasteiger partial charge in [-0.15, -0.1) is 11.3 Å². The summed E-state index contributed by atoms with van der Waals surface area (Å²) in [5, 5.41) is 10.6. The van der Waals surface area contributed by atoms with Crippen molar-refractivity contribution in [3.63, 3.8) is 0 Å². The van der Waals surface area contributed by atoms with Crippen molar-refractivity contribution in [2.45, 2.75) is 34.6 Å². The summed E-state index contributed by atoms with van der Waals surface area (Å²) in [5.41, 5.74) is 2.69. The number of Topliss-reactive ketones (excluding diaryl/α,β-unsaturated/α-hetero) is 1. The highest BCUT2D eigenvalue weighted by atomic mass is 35.5. The lowest BCUT2D eigenvalue weighted by Crippen LogP contribution is -2.33. The van der Waals surface area contributed by atoms with Gasteiger partial charge in [0.1, 0.15) is 22.1 Å². The van der Waals surface area contributed by atoms with Crippen molar-refractivity contribution >= 4 is 40.4 Å². The predicted molar refractivity (Wildman–Crippen MR) is 146 cm³/mol. The highest BCUT2D eigenvalue weighted by molar-refractivity contribution is 7.07. The Balaban J connectivity index is 2.03. The zero-order valence-corrected chi connectivity index (χ0v) is 22.7. The van der Waals surface area contributed by atoms with Gasteiger partial charge in [-0.1, -0.05) is 32.4 Å². The van der Waals surface area contributed by atoms with E-state index in [2.05, 4.69) is 4.57 Å². The van der Waals surface area contributed by atoms with E-state index < -0.39 is 16.8 Å². The summed E-state index contributed by atoms with van der Waals surface area (Å²) in [4.78, 5) is 26.8. The Hall–Kier alpha value is -3.73. The van der Waals surface area contributed by atoms with Crippen molar-refractivity contribution in [3.05, 3.63) is 102 Å². The van der Waals surface area contributed by atoms with Crippen LogP contribution in [0.2, 0.25) is 5.02 Å². The van der Waals surface area contributed by atoms with Crippen LogP contribution < -0.4 is 14.8 Å². The third-order valence-electron chi connectivity index (χ3n) is 5.98. The Morgan fingerprint density at radius 3 is 2.16 bits per heavy atom. The minimum atomic E-state index is -0.827. The van der Waals surface area contributed by atoms with Gasteiger partial charge in [-0.2, -0.15) is 5.26 Å². The number of aryl methyl sites for hydroxylation is 1. The third kappa shape index (κ3) is 5.08. The summed E-state index contributed by atoms with van der Waals surface area (Å²) in [6, 6.07) is 16.9. The maximum atomic E-state index is 13.7. The Morgan fingerprint density at radius 1 is 1.03 bits per heavy atom. The number of carbonyl (C=O) groups is 1. The van der Waals surface area contributed by atoms with Gasteiger partial charge in [0.25, 0.3) is 5.56 Å². The molecule has 0 aliphatic rings. The molecular formula is C29H25ClFN3O2S. The summed E-state index contributed by atoms with van der Waals surface area (Å²) in [6.45, 7) is 9.09. The quantitative estimate of drug-likeness (QED) is 0.361. The largest absolute Gasteiger partial charge is 0.318 e. The molecule has 0 bridgehead atoms. The molecule has 2 aromatic carbocycles. The number of hydrogen-bond donors (Lipinski definition) is 0. The summed E-state index contributed by atoms with van der Waals surface area (Å²) >= 11 is 7.12. The average Bonchev–Trinajstić information content (AvgIpc) is 3.30. The van der Waals surface area contributed by atoms with Crippen molar-refractivity contribution in [1.29, 1.82) is 5.26 Å². The molecule has 0 N–H and O–H groups in total. The average molecular weight is 534 g/mol. The van der Waals surface area contributed by atoms with Crippen molar-refractivity contribution in [2.24, 2.45) is 5.41 Å². The summed E-state index contributed by atoms with van der Waals surface area (Å²) in [7, 11) is 0. The van der Waals surface area contributed by atoms with Gasteiger partial charge in [-0.25, -0.2) is 4.39 Å². The first-order valence-corrected chi connectivity index (χ1v) is 12.8. The molecule has 0 atom stereocenters. The third-order valence-corrected chi connectivity index (χ3v) is 7.33. The number of ketones is 1. The minimum absolute atomic E-state index is 0.106. The highest BCUT2D eigenvalue weighted by Crippen LogP contribution is 2.23. The molecule has 0 radical (unpaired) electrons. The Kier molecular flexibility index (Phi) is 7.09. The van der Waals surface area contributed by atoms with E-state index in [1.165, 1.54) is 28.8 Å². The summed E-state index contributed by atoms with van der Waals surface area (Å²) in [5.74, 6) is -0.829. The maximum Gasteiger partial charge on any atom is 0.273 e.